The van der Waals surface area contributed by atoms with Crippen molar-refractivity contribution < 1.29 is 0 Å². The van der Waals surface area contributed by atoms with E-state index in [1.807, 2.05) is 0 Å². The normalized spacial score (nSPS) is 17.6. The first kappa shape index (κ1) is 15.0. The van der Waals surface area contributed by atoms with Crippen molar-refractivity contribution in [1.29, 1.82) is 0 Å². The molecule has 0 aliphatic carbocycles. The highest BCUT2D eigenvalue weighted by molar-refractivity contribution is 4.89. The Morgan fingerprint density at radius 1 is 0.800 bits per heavy atom. The Hall–Kier alpha value is 0. The van der Waals surface area contributed by atoms with Gasteiger partial charge in [-0.3, -0.25) is 0 Å². The first-order chi connectivity index (χ1) is 6.52. The Morgan fingerprint density at radius 2 is 1.27 bits per heavy atom. The fourth-order valence-electron chi connectivity index (χ4n) is 2.47. The first-order valence-corrected chi connectivity index (χ1v) is 6.52. The highest BCUT2D eigenvalue weighted by atomic mass is 14.4. The molecule has 1 atom stereocenters. The van der Waals surface area contributed by atoms with Gasteiger partial charge in [0.15, 0.2) is 0 Å². The number of hydrogen-bond donors (Lipinski definition) is 0. The summed E-state index contributed by atoms with van der Waals surface area (Å²) in [6.07, 6.45) is 5.37. The van der Waals surface area contributed by atoms with Crippen LogP contribution in [0, 0.1) is 16.2 Å². The molecule has 0 fully saturated rings. The molecule has 0 saturated carbocycles. The van der Waals surface area contributed by atoms with E-state index in [4.69, 9.17) is 0 Å². The number of rotatable bonds is 4. The molecular weight excluding hydrogens is 180 g/mol. The van der Waals surface area contributed by atoms with Crippen LogP contribution in [0.1, 0.15) is 81.1 Å². The van der Waals surface area contributed by atoms with Gasteiger partial charge in [0.1, 0.15) is 0 Å². The van der Waals surface area contributed by atoms with Gasteiger partial charge in [0.2, 0.25) is 0 Å². The fourth-order valence-corrected chi connectivity index (χ4v) is 2.47. The van der Waals surface area contributed by atoms with Crippen LogP contribution in [0.4, 0.5) is 0 Å². The average Bonchev–Trinajstić information content (AvgIpc) is 1.95. The van der Waals surface area contributed by atoms with Gasteiger partial charge in [-0.25, -0.2) is 0 Å². The molecule has 0 bridgehead atoms. The van der Waals surface area contributed by atoms with Crippen LogP contribution in [-0.4, -0.2) is 0 Å². The third-order valence-electron chi connectivity index (χ3n) is 3.81. The Morgan fingerprint density at radius 3 is 1.53 bits per heavy atom. The van der Waals surface area contributed by atoms with E-state index in [9.17, 15) is 0 Å². The number of hydrogen-bond acceptors (Lipinski definition) is 0. The predicted molar refractivity (Wildman–Crippen MR) is 71.2 cm³/mol. The third kappa shape index (κ3) is 5.04. The zero-order chi connectivity index (χ0) is 12.3. The molecule has 15 heavy (non-hydrogen) atoms. The second-order valence-corrected chi connectivity index (χ2v) is 7.65. The molecule has 0 aliphatic heterocycles. The van der Waals surface area contributed by atoms with Crippen LogP contribution in [0.15, 0.2) is 0 Å². The summed E-state index contributed by atoms with van der Waals surface area (Å²) in [5.41, 5.74) is 1.33. The Kier molecular flexibility index (Phi) is 4.89. The van der Waals surface area contributed by atoms with E-state index >= 15 is 0 Å². The van der Waals surface area contributed by atoms with Gasteiger partial charge in [-0.1, -0.05) is 68.2 Å². The SMILES string of the molecule is CCCCC(C)(CC(C)(C)C)C(C)(C)C. The molecule has 92 valence electrons. The van der Waals surface area contributed by atoms with Gasteiger partial charge in [-0.2, -0.15) is 0 Å². The van der Waals surface area contributed by atoms with Crippen molar-refractivity contribution >= 4 is 0 Å². The van der Waals surface area contributed by atoms with E-state index in [0.717, 1.165) is 0 Å². The smallest absolute Gasteiger partial charge is 0.0272 e. The lowest BCUT2D eigenvalue weighted by atomic mass is 9.59. The van der Waals surface area contributed by atoms with E-state index in [0.29, 0.717) is 16.2 Å². The maximum absolute atomic E-state index is 2.48. The second-order valence-electron chi connectivity index (χ2n) is 7.65. The maximum Gasteiger partial charge on any atom is -0.0272 e. The van der Waals surface area contributed by atoms with Crippen molar-refractivity contribution in [2.75, 3.05) is 0 Å². The summed E-state index contributed by atoms with van der Waals surface area (Å²) in [7, 11) is 0. The standard InChI is InChI=1S/C15H32/c1-9-10-11-15(8,14(5,6)7)12-13(2,3)4/h9-12H2,1-8H3. The minimum atomic E-state index is 0.412. The monoisotopic (exact) mass is 212 g/mol. The first-order valence-electron chi connectivity index (χ1n) is 6.52. The summed E-state index contributed by atoms with van der Waals surface area (Å²) in [5, 5.41) is 0. The van der Waals surface area contributed by atoms with Crippen molar-refractivity contribution in [2.45, 2.75) is 81.1 Å². The van der Waals surface area contributed by atoms with E-state index in [-0.39, 0.29) is 0 Å². The fraction of sp³-hybridized carbons (Fsp3) is 1.00. The lowest BCUT2D eigenvalue weighted by Crippen LogP contribution is -2.36. The van der Waals surface area contributed by atoms with Crippen LogP contribution in [0.3, 0.4) is 0 Å². The summed E-state index contributed by atoms with van der Waals surface area (Å²) in [4.78, 5) is 0. The molecule has 0 amide bonds. The predicted octanol–water partition coefficient (Wildman–Crippen LogP) is 5.67. The lowest BCUT2D eigenvalue weighted by molar-refractivity contribution is 0.0428. The molecule has 0 aromatic carbocycles. The molecule has 0 aromatic heterocycles. The van der Waals surface area contributed by atoms with Gasteiger partial charge in [0, 0.05) is 0 Å². The molecule has 0 spiro atoms. The van der Waals surface area contributed by atoms with E-state index < -0.39 is 0 Å². The van der Waals surface area contributed by atoms with Crippen molar-refractivity contribution in [3.8, 4) is 0 Å². The molecular formula is C15H32. The molecule has 0 saturated heterocycles. The maximum atomic E-state index is 2.48. The highest BCUT2D eigenvalue weighted by Gasteiger charge is 2.39. The molecule has 1 unspecified atom stereocenters. The quantitative estimate of drug-likeness (QED) is 0.563. The van der Waals surface area contributed by atoms with Crippen molar-refractivity contribution in [3.05, 3.63) is 0 Å². The van der Waals surface area contributed by atoms with Crippen LogP contribution in [-0.2, 0) is 0 Å². The molecule has 0 rings (SSSR count). The molecule has 0 heteroatoms. The second kappa shape index (κ2) is 4.89. The van der Waals surface area contributed by atoms with Crippen molar-refractivity contribution in [1.82, 2.24) is 0 Å². The van der Waals surface area contributed by atoms with Crippen LogP contribution >= 0.6 is 0 Å². The number of unbranched alkanes of at least 4 members (excludes halogenated alkanes) is 1. The lowest BCUT2D eigenvalue weighted by Gasteiger charge is -2.46. The summed E-state index contributed by atoms with van der Waals surface area (Å²) in [6.45, 7) is 19.1. The minimum Gasteiger partial charge on any atom is -0.0654 e. The molecule has 0 nitrogen and oxygen atoms in total. The Bertz CT molecular complexity index is 177. The van der Waals surface area contributed by atoms with Crippen molar-refractivity contribution in [3.63, 3.8) is 0 Å². The molecule has 0 N–H and O–H groups in total. The van der Waals surface area contributed by atoms with Crippen LogP contribution < -0.4 is 0 Å². The van der Waals surface area contributed by atoms with Gasteiger partial charge in [-0.15, -0.1) is 0 Å². The van der Waals surface area contributed by atoms with E-state index in [1.165, 1.54) is 25.7 Å². The summed E-state index contributed by atoms with van der Waals surface area (Å²) < 4.78 is 0. The van der Waals surface area contributed by atoms with E-state index in [1.54, 1.807) is 0 Å². The van der Waals surface area contributed by atoms with Gasteiger partial charge in [0.05, 0.1) is 0 Å². The van der Waals surface area contributed by atoms with Crippen LogP contribution in [0.5, 0.6) is 0 Å². The largest absolute Gasteiger partial charge is 0.0654 e. The summed E-state index contributed by atoms with van der Waals surface area (Å²) >= 11 is 0. The molecule has 0 radical (unpaired) electrons. The zero-order valence-electron chi connectivity index (χ0n) is 12.3. The average molecular weight is 212 g/mol. The zero-order valence-corrected chi connectivity index (χ0v) is 12.3. The molecule has 0 heterocycles. The summed E-state index contributed by atoms with van der Waals surface area (Å²) in [5.74, 6) is 0. The molecule has 0 aliphatic rings. The van der Waals surface area contributed by atoms with Gasteiger partial charge < -0.3 is 0 Å². The van der Waals surface area contributed by atoms with Crippen LogP contribution in [0.2, 0.25) is 0 Å². The molecule has 0 aromatic rings. The summed E-state index contributed by atoms with van der Waals surface area (Å²) in [6, 6.07) is 0. The Labute approximate surface area is 97.8 Å². The van der Waals surface area contributed by atoms with E-state index in [2.05, 4.69) is 55.4 Å². The van der Waals surface area contributed by atoms with Crippen LogP contribution in [0.25, 0.3) is 0 Å². The topological polar surface area (TPSA) is 0 Å². The minimum absolute atomic E-state index is 0.412. The highest BCUT2D eigenvalue weighted by Crippen LogP contribution is 2.49. The third-order valence-corrected chi connectivity index (χ3v) is 3.81. The Balaban J connectivity index is 4.71. The van der Waals surface area contributed by atoms with Gasteiger partial charge in [0.25, 0.3) is 0 Å². The van der Waals surface area contributed by atoms with Crippen molar-refractivity contribution in [2.24, 2.45) is 16.2 Å². The van der Waals surface area contributed by atoms with Gasteiger partial charge >= 0.3 is 0 Å². The van der Waals surface area contributed by atoms with Gasteiger partial charge in [-0.05, 0) is 29.1 Å².